The monoisotopic (exact) mass is 190 g/mol. The van der Waals surface area contributed by atoms with Gasteiger partial charge in [0.15, 0.2) is 0 Å². The molecule has 2 nitrogen and oxygen atoms in total. The second kappa shape index (κ2) is 8.20. The molecule has 1 heterocycles. The Morgan fingerprint density at radius 2 is 1.50 bits per heavy atom. The fourth-order valence-corrected chi connectivity index (χ4v) is 1.02. The highest BCUT2D eigenvalue weighted by molar-refractivity contribution is 5.77. The van der Waals surface area contributed by atoms with Crippen LogP contribution in [0.1, 0.15) is 13.8 Å². The van der Waals surface area contributed by atoms with Gasteiger partial charge in [0.2, 0.25) is 0 Å². The molecule has 0 saturated heterocycles. The fourth-order valence-electron chi connectivity index (χ4n) is 1.02. The average molecular weight is 190 g/mol. The van der Waals surface area contributed by atoms with Gasteiger partial charge in [0.1, 0.15) is 0 Å². The van der Waals surface area contributed by atoms with E-state index in [9.17, 15) is 0 Å². The number of aromatic nitrogens is 1. The minimum atomic E-state index is 1.06. The molecule has 0 aliphatic heterocycles. The van der Waals surface area contributed by atoms with Crippen LogP contribution in [-0.2, 0) is 0 Å². The molecule has 0 unspecified atom stereocenters. The summed E-state index contributed by atoms with van der Waals surface area (Å²) in [6.45, 7) is 4.00. The van der Waals surface area contributed by atoms with Gasteiger partial charge >= 0.3 is 0 Å². The summed E-state index contributed by atoms with van der Waals surface area (Å²) in [7, 11) is 1.50. The Balaban J connectivity index is 0.000000379. The topological polar surface area (TPSA) is 38.9 Å². The third-order valence-corrected chi connectivity index (χ3v) is 1.51. The van der Waals surface area contributed by atoms with Crippen molar-refractivity contribution < 1.29 is 0 Å². The lowest BCUT2D eigenvalue weighted by Gasteiger charge is -1.91. The molecule has 76 valence electrons. The quantitative estimate of drug-likeness (QED) is 0.693. The van der Waals surface area contributed by atoms with Crippen LogP contribution in [0, 0.1) is 0 Å². The molecular formula is C12H18N2. The van der Waals surface area contributed by atoms with Crippen LogP contribution >= 0.6 is 0 Å². The van der Waals surface area contributed by atoms with Crippen LogP contribution < -0.4 is 5.73 Å². The second-order valence-corrected chi connectivity index (χ2v) is 2.20. The van der Waals surface area contributed by atoms with Crippen molar-refractivity contribution in [2.45, 2.75) is 13.8 Å². The van der Waals surface area contributed by atoms with E-state index >= 15 is 0 Å². The molecule has 2 N–H and O–H groups in total. The highest BCUT2D eigenvalue weighted by atomic mass is 14.6. The van der Waals surface area contributed by atoms with Crippen LogP contribution in [0.3, 0.4) is 0 Å². The molecule has 1 aromatic heterocycles. The molecule has 0 saturated carbocycles. The molecule has 0 spiro atoms. The van der Waals surface area contributed by atoms with E-state index in [2.05, 4.69) is 22.9 Å². The van der Waals surface area contributed by atoms with Gasteiger partial charge in [0.05, 0.1) is 5.52 Å². The average Bonchev–Trinajstić information content (AvgIpc) is 2.34. The van der Waals surface area contributed by atoms with Crippen molar-refractivity contribution in [2.75, 3.05) is 7.05 Å². The third-order valence-electron chi connectivity index (χ3n) is 1.51. The Hall–Kier alpha value is -1.41. The van der Waals surface area contributed by atoms with Crippen molar-refractivity contribution in [3.8, 4) is 0 Å². The first-order chi connectivity index (χ1) is 6.97. The lowest BCUT2D eigenvalue weighted by Crippen LogP contribution is -1.73. The van der Waals surface area contributed by atoms with E-state index in [4.69, 9.17) is 0 Å². The number of hydrogen-bond acceptors (Lipinski definition) is 2. The summed E-state index contributed by atoms with van der Waals surface area (Å²) in [5, 5.41) is 1.20. The smallest absolute Gasteiger partial charge is 0.0701 e. The second-order valence-electron chi connectivity index (χ2n) is 2.20. The molecule has 0 bridgehead atoms. The number of para-hydroxylation sites is 1. The predicted octanol–water partition coefficient (Wildman–Crippen LogP) is 2.84. The molecule has 0 atom stereocenters. The third kappa shape index (κ3) is 3.54. The van der Waals surface area contributed by atoms with Crippen LogP contribution in [0.2, 0.25) is 0 Å². The number of rotatable bonds is 0. The van der Waals surface area contributed by atoms with Crippen LogP contribution in [0.15, 0.2) is 42.6 Å². The molecular weight excluding hydrogens is 172 g/mol. The van der Waals surface area contributed by atoms with Crippen molar-refractivity contribution >= 4 is 10.9 Å². The Kier molecular flexibility index (Phi) is 7.37. The van der Waals surface area contributed by atoms with Crippen LogP contribution in [-0.4, -0.2) is 12.0 Å². The molecule has 2 aromatic rings. The maximum atomic E-state index is 4.50. The Morgan fingerprint density at radius 3 is 2.14 bits per heavy atom. The number of benzene rings is 1. The SMILES string of the molecule is CC.CN.c1ccc2ncccc2c1. The molecule has 0 amide bonds. The van der Waals surface area contributed by atoms with Crippen molar-refractivity contribution in [1.82, 2.24) is 4.98 Å². The molecule has 0 fully saturated rings. The largest absolute Gasteiger partial charge is 0.333 e. The van der Waals surface area contributed by atoms with Gasteiger partial charge in [-0.25, -0.2) is 0 Å². The zero-order valence-corrected chi connectivity index (χ0v) is 9.07. The molecule has 14 heavy (non-hydrogen) atoms. The number of fused-ring (bicyclic) bond motifs is 1. The van der Waals surface area contributed by atoms with E-state index in [1.54, 1.807) is 0 Å². The number of hydrogen-bond donors (Lipinski definition) is 1. The first kappa shape index (κ1) is 12.6. The molecule has 0 aliphatic carbocycles. The van der Waals surface area contributed by atoms with Crippen LogP contribution in [0.4, 0.5) is 0 Å². The summed E-state index contributed by atoms with van der Waals surface area (Å²) in [5.74, 6) is 0. The van der Waals surface area contributed by atoms with Gasteiger partial charge < -0.3 is 5.73 Å². The molecule has 0 aliphatic rings. The zero-order chi connectivity index (χ0) is 10.8. The summed E-state index contributed by atoms with van der Waals surface area (Å²) in [6, 6.07) is 12.1. The zero-order valence-electron chi connectivity index (χ0n) is 9.07. The van der Waals surface area contributed by atoms with Gasteiger partial charge in [-0.15, -0.1) is 0 Å². The maximum absolute atomic E-state index is 4.50. The normalized spacial score (nSPS) is 8.00. The Morgan fingerprint density at radius 1 is 0.929 bits per heavy atom. The molecule has 2 rings (SSSR count). The lowest BCUT2D eigenvalue weighted by atomic mass is 10.2. The number of pyridine rings is 1. The van der Waals surface area contributed by atoms with E-state index in [1.165, 1.54) is 12.4 Å². The van der Waals surface area contributed by atoms with Gasteiger partial charge in [-0.05, 0) is 19.2 Å². The van der Waals surface area contributed by atoms with E-state index in [0.29, 0.717) is 0 Å². The summed E-state index contributed by atoms with van der Waals surface area (Å²) in [6.07, 6.45) is 1.81. The fraction of sp³-hybridized carbons (Fsp3) is 0.250. The number of nitrogens with zero attached hydrogens (tertiary/aromatic N) is 1. The lowest BCUT2D eigenvalue weighted by molar-refractivity contribution is 1.41. The van der Waals surface area contributed by atoms with Crippen molar-refractivity contribution in [3.05, 3.63) is 42.6 Å². The molecule has 0 radical (unpaired) electrons. The Labute approximate surface area is 85.8 Å². The number of nitrogens with two attached hydrogens (primary N) is 1. The van der Waals surface area contributed by atoms with Gasteiger partial charge in [-0.2, -0.15) is 0 Å². The van der Waals surface area contributed by atoms with E-state index in [-0.39, 0.29) is 0 Å². The first-order valence-electron chi connectivity index (χ1n) is 4.84. The standard InChI is InChI=1S/C9H7N.C2H6.CH5N/c1-2-6-9-8(4-1)5-3-7-10-9;2*1-2/h1-7H;1-2H3;2H2,1H3. The van der Waals surface area contributed by atoms with E-state index in [1.807, 2.05) is 44.3 Å². The first-order valence-corrected chi connectivity index (χ1v) is 4.84. The molecule has 1 aromatic carbocycles. The van der Waals surface area contributed by atoms with E-state index in [0.717, 1.165) is 5.52 Å². The minimum absolute atomic E-state index is 1.06. The van der Waals surface area contributed by atoms with E-state index < -0.39 is 0 Å². The van der Waals surface area contributed by atoms with Gasteiger partial charge in [0.25, 0.3) is 0 Å². The summed E-state index contributed by atoms with van der Waals surface area (Å²) >= 11 is 0. The predicted molar refractivity (Wildman–Crippen MR) is 63.2 cm³/mol. The van der Waals surface area contributed by atoms with Gasteiger partial charge in [-0.1, -0.05) is 38.1 Å². The van der Waals surface area contributed by atoms with Crippen molar-refractivity contribution in [2.24, 2.45) is 5.73 Å². The van der Waals surface area contributed by atoms with Crippen molar-refractivity contribution in [3.63, 3.8) is 0 Å². The summed E-state index contributed by atoms with van der Waals surface area (Å²) < 4.78 is 0. The van der Waals surface area contributed by atoms with Gasteiger partial charge in [-0.3, -0.25) is 4.98 Å². The van der Waals surface area contributed by atoms with Crippen molar-refractivity contribution in [1.29, 1.82) is 0 Å². The highest BCUT2D eigenvalue weighted by Gasteiger charge is 1.86. The maximum Gasteiger partial charge on any atom is 0.0701 e. The summed E-state index contributed by atoms with van der Waals surface area (Å²) in [4.78, 5) is 4.18. The molecule has 2 heteroatoms. The Bertz CT molecular complexity index is 279. The van der Waals surface area contributed by atoms with Gasteiger partial charge in [0, 0.05) is 11.6 Å². The van der Waals surface area contributed by atoms with Crippen LogP contribution in [0.5, 0.6) is 0 Å². The minimum Gasteiger partial charge on any atom is -0.333 e. The summed E-state index contributed by atoms with van der Waals surface area (Å²) in [5.41, 5.74) is 5.56. The van der Waals surface area contributed by atoms with Crippen LogP contribution in [0.25, 0.3) is 10.9 Å². The highest BCUT2D eigenvalue weighted by Crippen LogP contribution is 2.07.